The number of methoxy groups -OCH3 is 1. The van der Waals surface area contributed by atoms with Gasteiger partial charge in [0.15, 0.2) is 5.72 Å². The lowest BCUT2D eigenvalue weighted by Crippen LogP contribution is -2.61. The number of carbonyl (C=O) groups is 6. The molecule has 0 aliphatic carbocycles. The van der Waals surface area contributed by atoms with Crippen LogP contribution in [0.5, 0.6) is 0 Å². The molecule has 6 aromatic rings. The van der Waals surface area contributed by atoms with Crippen LogP contribution in [0.1, 0.15) is 75.5 Å². The zero-order valence-corrected chi connectivity index (χ0v) is 37.9. The fourth-order valence-corrected chi connectivity index (χ4v) is 11.4. The lowest BCUT2D eigenvalue weighted by atomic mass is 9.91. The van der Waals surface area contributed by atoms with Crippen molar-refractivity contribution in [1.29, 1.82) is 0 Å². The number of ether oxygens (including phenoxy) is 5. The van der Waals surface area contributed by atoms with E-state index in [0.29, 0.717) is 57.2 Å². The third-order valence-electron chi connectivity index (χ3n) is 14.3. The van der Waals surface area contributed by atoms with Crippen molar-refractivity contribution in [3.05, 3.63) is 89.0 Å². The highest BCUT2D eigenvalue weighted by Gasteiger charge is 2.55. The van der Waals surface area contributed by atoms with Gasteiger partial charge in [0.2, 0.25) is 17.7 Å². The number of hydrogen-bond acceptors (Lipinski definition) is 12. The molecule has 2 bridgehead atoms. The summed E-state index contributed by atoms with van der Waals surface area (Å²) in [4.78, 5) is 81.0. The van der Waals surface area contributed by atoms with Gasteiger partial charge >= 0.3 is 0 Å². The highest BCUT2D eigenvalue weighted by atomic mass is 16.6. The minimum absolute atomic E-state index is 0.0479. The normalized spacial score (nSPS) is 22.9. The number of piperidine rings is 1. The molecule has 18 nitrogen and oxygen atoms in total. The topological polar surface area (TPSA) is 201 Å². The van der Waals surface area contributed by atoms with Crippen molar-refractivity contribution in [2.45, 2.75) is 69.3 Å². The van der Waals surface area contributed by atoms with Crippen molar-refractivity contribution in [3.63, 3.8) is 0 Å². The number of hydrogen-bond donors (Lipinski definition) is 3. The van der Waals surface area contributed by atoms with Gasteiger partial charge in [-0.25, -0.2) is 0 Å². The number of carbonyl (C=O) groups excluding carboxylic acids is 6. The number of likely N-dealkylation sites (N-methyl/N-ethyl adjacent to an activating group) is 1. The van der Waals surface area contributed by atoms with E-state index in [2.05, 4.69) is 56.3 Å². The lowest BCUT2D eigenvalue weighted by Gasteiger charge is -2.50. The van der Waals surface area contributed by atoms with E-state index < -0.39 is 47.7 Å². The zero-order chi connectivity index (χ0) is 47.0. The van der Waals surface area contributed by atoms with Crippen LogP contribution in [0.4, 0.5) is 5.69 Å². The molecule has 0 spiro atoms. The predicted molar refractivity (Wildman–Crippen MR) is 248 cm³/mol. The molecule has 5 aliphatic heterocycles. The third-order valence-corrected chi connectivity index (χ3v) is 14.3. The molecule has 2 aromatic heterocycles. The van der Waals surface area contributed by atoms with Crippen LogP contribution in [0.25, 0.3) is 43.6 Å². The lowest BCUT2D eigenvalue weighted by molar-refractivity contribution is -0.266. The molecule has 2 unspecified atom stereocenters. The van der Waals surface area contributed by atoms with Gasteiger partial charge in [0.1, 0.15) is 18.4 Å². The third kappa shape index (κ3) is 6.71. The van der Waals surface area contributed by atoms with Crippen LogP contribution < -0.4 is 16.0 Å². The number of para-hydroxylation sites is 2. The Bertz CT molecular complexity index is 3120. The van der Waals surface area contributed by atoms with E-state index >= 15 is 0 Å². The molecule has 352 valence electrons. The van der Waals surface area contributed by atoms with Gasteiger partial charge < -0.3 is 48.4 Å². The Morgan fingerprint density at radius 2 is 1.54 bits per heavy atom. The van der Waals surface area contributed by atoms with Crippen LogP contribution >= 0.6 is 0 Å². The van der Waals surface area contributed by atoms with E-state index in [1.165, 1.54) is 0 Å². The van der Waals surface area contributed by atoms with Gasteiger partial charge in [-0.3, -0.25) is 39.0 Å². The molecule has 0 saturated carbocycles. The highest BCUT2D eigenvalue weighted by molar-refractivity contribution is 6.31. The molecule has 5 atom stereocenters. The first-order valence-corrected chi connectivity index (χ1v) is 23.1. The minimum atomic E-state index is -1.06. The smallest absolute Gasteiger partial charge is 0.264 e. The summed E-state index contributed by atoms with van der Waals surface area (Å²) in [6.07, 6.45) is -0.326. The zero-order valence-electron chi connectivity index (χ0n) is 37.9. The molecular weight excluding hydrogens is 875 g/mol. The van der Waals surface area contributed by atoms with Gasteiger partial charge in [-0.2, -0.15) is 0 Å². The van der Waals surface area contributed by atoms with Gasteiger partial charge in [-0.05, 0) is 43.2 Å². The minimum Gasteiger partial charge on any atom is -0.382 e. The molecule has 68 heavy (non-hydrogen) atoms. The van der Waals surface area contributed by atoms with E-state index in [9.17, 15) is 28.8 Å². The van der Waals surface area contributed by atoms with E-state index in [0.717, 1.165) is 54.1 Å². The number of nitrogens with zero attached hydrogens (tertiary/aromatic N) is 4. The number of rotatable bonds is 16. The average Bonchev–Trinajstić information content (AvgIpc) is 4.05. The van der Waals surface area contributed by atoms with Crippen LogP contribution in [0.3, 0.4) is 0 Å². The van der Waals surface area contributed by atoms with E-state index in [-0.39, 0.29) is 61.5 Å². The molecule has 11 rings (SSSR count). The van der Waals surface area contributed by atoms with Gasteiger partial charge in [-0.1, -0.05) is 42.5 Å². The maximum Gasteiger partial charge on any atom is 0.264 e. The van der Waals surface area contributed by atoms with Crippen LogP contribution in [0.2, 0.25) is 0 Å². The van der Waals surface area contributed by atoms with Crippen LogP contribution in [-0.4, -0.2) is 133 Å². The number of anilines is 1. The second kappa shape index (κ2) is 17.1. The first-order chi connectivity index (χ1) is 33.0. The van der Waals surface area contributed by atoms with Gasteiger partial charge in [0.05, 0.1) is 90.9 Å². The molecule has 18 heteroatoms. The Hall–Kier alpha value is -6.70. The standard InChI is InChI=1S/C50H51N7O11/c1-50-45(64-3)35(25-38(68-50)55-32-13-6-4-9-27(32)41-42-30(26-52-47(42)61)39-28-10-5-7-14-33(28)57(50)44(39)43(41)55)54(2)37(59)17-19-65-21-23-67-24-22-66-20-18-51-31-12-8-11-29-40(31)49(63)56(48(29)62)34-15-16-36(58)53-46(34)60/h4-14,34-35,38,45,51H,15-26H2,1-3H3,(H,52,61)(H,53,58,60)/t34?,35?,38-,45-,50+/m1/s1. The number of benzene rings is 4. The van der Waals surface area contributed by atoms with Crippen molar-refractivity contribution >= 4 is 84.7 Å². The number of fused-ring (bicyclic) bond motifs is 14. The van der Waals surface area contributed by atoms with Gasteiger partial charge in [0.25, 0.3) is 17.7 Å². The number of amides is 6. The highest BCUT2D eigenvalue weighted by Crippen LogP contribution is 2.54. The number of aromatic nitrogens is 2. The molecule has 6 amide bonds. The predicted octanol–water partition coefficient (Wildman–Crippen LogP) is 4.55. The Morgan fingerprint density at radius 1 is 0.838 bits per heavy atom. The van der Waals surface area contributed by atoms with E-state index in [1.54, 1.807) is 30.2 Å². The largest absolute Gasteiger partial charge is 0.382 e. The quantitative estimate of drug-likeness (QED) is 0.0906. The van der Waals surface area contributed by atoms with E-state index in [4.69, 9.17) is 23.7 Å². The second-order valence-corrected chi connectivity index (χ2v) is 18.0. The maximum atomic E-state index is 14.0. The van der Waals surface area contributed by atoms with Crippen LogP contribution in [0.15, 0.2) is 66.7 Å². The summed E-state index contributed by atoms with van der Waals surface area (Å²) in [6.45, 7) is 4.52. The Labute approximate surface area is 389 Å². The van der Waals surface area contributed by atoms with Crippen molar-refractivity contribution in [2.24, 2.45) is 0 Å². The second-order valence-electron chi connectivity index (χ2n) is 18.0. The SMILES string of the molecule is CO[C@@H]1C(N(C)C(=O)CCOCCOCCOCCNc2cccc3c2C(=O)N(C2CCC(=O)NC2=O)C3=O)C[C@H]2O[C@]1(C)n1c3ccccc3c3c4c(c5c6ccccc6n2c5c31)C(=O)NC4. The van der Waals surface area contributed by atoms with Crippen LogP contribution in [-0.2, 0) is 50.3 Å². The summed E-state index contributed by atoms with van der Waals surface area (Å²) in [7, 11) is 3.49. The maximum absolute atomic E-state index is 14.0. The van der Waals surface area contributed by atoms with Crippen LogP contribution in [0, 0.1) is 0 Å². The monoisotopic (exact) mass is 925 g/mol. The van der Waals surface area contributed by atoms with Crippen molar-refractivity contribution in [1.82, 2.24) is 29.6 Å². The molecule has 7 heterocycles. The Kier molecular flexibility index (Phi) is 11.0. The molecular formula is C50H51N7O11. The number of nitrogens with one attached hydrogen (secondary N) is 3. The molecule has 2 saturated heterocycles. The molecule has 0 radical (unpaired) electrons. The summed E-state index contributed by atoms with van der Waals surface area (Å²) in [6, 6.07) is 19.9. The van der Waals surface area contributed by atoms with Crippen molar-refractivity contribution in [2.75, 3.05) is 65.7 Å². The Morgan fingerprint density at radius 3 is 2.29 bits per heavy atom. The Balaban J connectivity index is 0.689. The summed E-state index contributed by atoms with van der Waals surface area (Å²) >= 11 is 0. The summed E-state index contributed by atoms with van der Waals surface area (Å²) in [5.41, 5.74) is 5.31. The first-order valence-electron chi connectivity index (χ1n) is 23.1. The van der Waals surface area contributed by atoms with Crippen molar-refractivity contribution < 1.29 is 52.5 Å². The van der Waals surface area contributed by atoms with Gasteiger partial charge in [0, 0.05) is 67.3 Å². The summed E-state index contributed by atoms with van der Waals surface area (Å²) in [5, 5.41) is 12.4. The summed E-state index contributed by atoms with van der Waals surface area (Å²) in [5.74, 6) is -2.41. The fraction of sp³-hybridized carbons (Fsp3) is 0.400. The van der Waals surface area contributed by atoms with Gasteiger partial charge in [-0.15, -0.1) is 0 Å². The molecule has 3 N–H and O–H groups in total. The molecule has 4 aromatic carbocycles. The fourth-order valence-electron chi connectivity index (χ4n) is 11.4. The van der Waals surface area contributed by atoms with Crippen molar-refractivity contribution in [3.8, 4) is 0 Å². The summed E-state index contributed by atoms with van der Waals surface area (Å²) < 4.78 is 35.4. The molecule has 5 aliphatic rings. The molecule has 2 fully saturated rings. The number of imide groups is 2. The van der Waals surface area contributed by atoms with E-state index in [1.807, 2.05) is 31.3 Å². The average molecular weight is 926 g/mol. The first kappa shape index (κ1) is 43.8.